The Bertz CT molecular complexity index is 1880. The number of anilines is 2. The first kappa shape index (κ1) is 37.1. The number of ether oxygens (including phenoxy) is 1. The molecule has 1 fully saturated rings. The fraction of sp³-hybridized carbons (Fsp3) is 0.394. The third-order valence-corrected chi connectivity index (χ3v) is 9.06. The molecule has 5 N–H and O–H groups in total. The maximum absolute atomic E-state index is 12.9. The number of carboxylic acids is 1. The van der Waals surface area contributed by atoms with Crippen LogP contribution in [-0.4, -0.2) is 60.4 Å². The van der Waals surface area contributed by atoms with E-state index in [9.17, 15) is 26.4 Å². The van der Waals surface area contributed by atoms with E-state index in [1.807, 2.05) is 54.6 Å². The first-order valence-electron chi connectivity index (χ1n) is 15.5. The van der Waals surface area contributed by atoms with Crippen LogP contribution in [0.5, 0.6) is 0 Å². The number of nitrogens with zero attached hydrogens (tertiary/aromatic N) is 2. The number of nitrogens with one attached hydrogen (secondary N) is 4. The van der Waals surface area contributed by atoms with Crippen LogP contribution in [0.25, 0.3) is 21.7 Å². The van der Waals surface area contributed by atoms with Crippen LogP contribution in [0.3, 0.4) is 0 Å². The Balaban J connectivity index is 0.000000698. The van der Waals surface area contributed by atoms with Crippen molar-refractivity contribution >= 4 is 55.5 Å². The Morgan fingerprint density at radius 1 is 0.878 bits per heavy atom. The Labute approximate surface area is 281 Å². The van der Waals surface area contributed by atoms with E-state index in [1.54, 1.807) is 32.9 Å². The fourth-order valence-electron chi connectivity index (χ4n) is 5.19. The zero-order valence-corrected chi connectivity index (χ0v) is 28.0. The molecule has 12 nitrogen and oxygen atoms in total. The third-order valence-electron chi connectivity index (χ3n) is 7.64. The molecule has 16 heteroatoms. The highest BCUT2D eigenvalue weighted by Gasteiger charge is 2.38. The van der Waals surface area contributed by atoms with E-state index in [-0.39, 0.29) is 0 Å². The summed E-state index contributed by atoms with van der Waals surface area (Å²) in [4.78, 5) is 30.6. The van der Waals surface area contributed by atoms with Gasteiger partial charge >= 0.3 is 18.2 Å². The summed E-state index contributed by atoms with van der Waals surface area (Å²) >= 11 is 0. The molecule has 264 valence electrons. The molecule has 49 heavy (non-hydrogen) atoms. The van der Waals surface area contributed by atoms with Gasteiger partial charge in [-0.15, -0.1) is 0 Å². The van der Waals surface area contributed by atoms with Gasteiger partial charge in [0, 0.05) is 18.5 Å². The molecule has 0 aliphatic heterocycles. The summed E-state index contributed by atoms with van der Waals surface area (Å²) in [6, 6.07) is 20.5. The number of para-hydroxylation sites is 1. The lowest BCUT2D eigenvalue weighted by molar-refractivity contribution is -0.192. The smallest absolute Gasteiger partial charge is 0.475 e. The van der Waals surface area contributed by atoms with Gasteiger partial charge in [0.25, 0.3) is 0 Å². The zero-order chi connectivity index (χ0) is 35.8. The van der Waals surface area contributed by atoms with Gasteiger partial charge in [-0.2, -0.15) is 18.2 Å². The Morgan fingerprint density at radius 3 is 2.10 bits per heavy atom. The molecule has 0 unspecified atom stereocenters. The van der Waals surface area contributed by atoms with Crippen molar-refractivity contribution in [2.24, 2.45) is 11.8 Å². The summed E-state index contributed by atoms with van der Waals surface area (Å²) < 4.78 is 65.7. The van der Waals surface area contributed by atoms with Gasteiger partial charge in [-0.05, 0) is 93.3 Å². The number of hydrogen-bond acceptors (Lipinski definition) is 9. The summed E-state index contributed by atoms with van der Waals surface area (Å²) in [5, 5.41) is 13.2. The number of fused-ring (bicyclic) bond motifs is 2. The van der Waals surface area contributed by atoms with Crippen LogP contribution in [0.4, 0.5) is 29.7 Å². The normalized spacial score (nSPS) is 16.7. The SMILES string of the molecule is CC(C)(C)OC(=O)NNc1nc(NCC2CCC(CNS(=O)(=O)c3ccc4ccccc4c3)CC2)nc2ccccc12.O=C(O)C(F)(F)F. The number of hydrogen-bond donors (Lipinski definition) is 5. The molecule has 0 bridgehead atoms. The Hall–Kier alpha value is -4.70. The number of carbonyl (C=O) groups is 2. The molecular weight excluding hydrogens is 665 g/mol. The summed E-state index contributed by atoms with van der Waals surface area (Å²) in [6.07, 6.45) is -1.84. The number of carbonyl (C=O) groups excluding carboxylic acids is 1. The number of aliphatic carboxylic acids is 1. The highest BCUT2D eigenvalue weighted by Crippen LogP contribution is 2.30. The minimum Gasteiger partial charge on any atom is -0.475 e. The van der Waals surface area contributed by atoms with Crippen molar-refractivity contribution in [1.82, 2.24) is 20.1 Å². The second kappa shape index (κ2) is 15.7. The highest BCUT2D eigenvalue weighted by molar-refractivity contribution is 7.89. The van der Waals surface area contributed by atoms with E-state index < -0.39 is 33.9 Å². The average molecular weight is 705 g/mol. The van der Waals surface area contributed by atoms with Crippen LogP contribution in [0.15, 0.2) is 71.6 Å². The predicted molar refractivity (Wildman–Crippen MR) is 179 cm³/mol. The second-order valence-electron chi connectivity index (χ2n) is 12.6. The van der Waals surface area contributed by atoms with Gasteiger partial charge in [0.1, 0.15) is 5.60 Å². The quantitative estimate of drug-likeness (QED) is 0.122. The maximum Gasteiger partial charge on any atom is 0.490 e. The third kappa shape index (κ3) is 11.2. The topological polar surface area (TPSA) is 172 Å². The number of carboxylic acid groups (broad SMARTS) is 1. The first-order chi connectivity index (χ1) is 23.0. The van der Waals surface area contributed by atoms with Gasteiger partial charge in [-0.1, -0.05) is 42.5 Å². The lowest BCUT2D eigenvalue weighted by Gasteiger charge is -2.28. The number of halogens is 3. The lowest BCUT2D eigenvalue weighted by atomic mass is 9.82. The Morgan fingerprint density at radius 2 is 1.47 bits per heavy atom. The number of aromatic nitrogens is 2. The lowest BCUT2D eigenvalue weighted by Crippen LogP contribution is -2.36. The van der Waals surface area contributed by atoms with Crippen molar-refractivity contribution in [3.63, 3.8) is 0 Å². The highest BCUT2D eigenvalue weighted by atomic mass is 32.2. The molecule has 1 saturated carbocycles. The molecule has 4 aromatic rings. The number of rotatable bonds is 9. The number of sulfonamides is 1. The molecule has 5 rings (SSSR count). The van der Waals surface area contributed by atoms with Gasteiger partial charge in [-0.3, -0.25) is 5.43 Å². The largest absolute Gasteiger partial charge is 0.490 e. The molecule has 1 aliphatic carbocycles. The summed E-state index contributed by atoms with van der Waals surface area (Å²) in [6.45, 7) is 6.53. The second-order valence-corrected chi connectivity index (χ2v) is 14.4. The van der Waals surface area contributed by atoms with Crippen LogP contribution < -0.4 is 20.9 Å². The molecule has 3 aromatic carbocycles. The van der Waals surface area contributed by atoms with Crippen molar-refractivity contribution in [3.05, 3.63) is 66.7 Å². The molecule has 1 heterocycles. The van der Waals surface area contributed by atoms with Gasteiger partial charge in [0.05, 0.1) is 10.4 Å². The van der Waals surface area contributed by atoms with Crippen LogP contribution in [0, 0.1) is 11.8 Å². The summed E-state index contributed by atoms with van der Waals surface area (Å²) in [7, 11) is -3.57. The van der Waals surface area contributed by atoms with Crippen LogP contribution in [-0.2, 0) is 19.6 Å². The number of hydrazine groups is 1. The summed E-state index contributed by atoms with van der Waals surface area (Å²) in [5.74, 6) is -1.11. The van der Waals surface area contributed by atoms with Crippen molar-refractivity contribution in [2.75, 3.05) is 23.8 Å². The monoisotopic (exact) mass is 704 g/mol. The van der Waals surface area contributed by atoms with E-state index in [1.165, 1.54) is 0 Å². The van der Waals surface area contributed by atoms with Gasteiger partial charge < -0.3 is 15.2 Å². The number of alkyl halides is 3. The average Bonchev–Trinajstić information content (AvgIpc) is 3.04. The van der Waals surface area contributed by atoms with Crippen LogP contribution in [0.2, 0.25) is 0 Å². The predicted octanol–water partition coefficient (Wildman–Crippen LogP) is 6.46. The summed E-state index contributed by atoms with van der Waals surface area (Å²) in [5.41, 5.74) is 5.54. The molecule has 1 aromatic heterocycles. The molecule has 0 atom stereocenters. The standard InChI is InChI=1S/C31H38N6O4S.C2HF3O2/c1-31(2,3)41-30(38)37-36-28-26-10-6-7-11-27(26)34-29(35-28)32-19-21-12-14-22(15-13-21)20-33-42(39,40)25-17-16-23-8-4-5-9-24(23)18-25;3-2(4,5)1(6)7/h4-11,16-18,21-22,33H,12-15,19-20H2,1-3H3,(H,37,38)(H2,32,34,35,36);(H,6,7). The minimum absolute atomic E-state index is 0.295. The van der Waals surface area contributed by atoms with E-state index in [4.69, 9.17) is 14.6 Å². The fourth-order valence-corrected chi connectivity index (χ4v) is 6.34. The Kier molecular flexibility index (Phi) is 11.9. The molecule has 0 saturated heterocycles. The number of benzene rings is 3. The van der Waals surface area contributed by atoms with E-state index in [2.05, 4.69) is 30.9 Å². The van der Waals surface area contributed by atoms with Crippen molar-refractivity contribution in [1.29, 1.82) is 0 Å². The minimum atomic E-state index is -5.08. The van der Waals surface area contributed by atoms with Gasteiger partial charge in [-0.25, -0.2) is 33.1 Å². The number of amides is 1. The zero-order valence-electron chi connectivity index (χ0n) is 27.2. The maximum atomic E-state index is 12.9. The van der Waals surface area contributed by atoms with Crippen LogP contribution >= 0.6 is 0 Å². The van der Waals surface area contributed by atoms with E-state index in [0.717, 1.165) is 47.4 Å². The molecule has 0 radical (unpaired) electrons. The van der Waals surface area contributed by atoms with Crippen molar-refractivity contribution in [3.8, 4) is 0 Å². The van der Waals surface area contributed by atoms with E-state index >= 15 is 0 Å². The van der Waals surface area contributed by atoms with Crippen molar-refractivity contribution in [2.45, 2.75) is 63.1 Å². The van der Waals surface area contributed by atoms with Crippen molar-refractivity contribution < 1.29 is 41.0 Å². The molecule has 0 spiro atoms. The van der Waals surface area contributed by atoms with E-state index in [0.29, 0.717) is 41.6 Å². The van der Waals surface area contributed by atoms with Crippen LogP contribution in [0.1, 0.15) is 46.5 Å². The molecule has 1 aliphatic rings. The van der Waals surface area contributed by atoms with Gasteiger partial charge in [0.15, 0.2) is 5.82 Å². The van der Waals surface area contributed by atoms with Gasteiger partial charge in [0.2, 0.25) is 16.0 Å². The molecular formula is C33H39F3N6O6S. The molecule has 1 amide bonds. The first-order valence-corrected chi connectivity index (χ1v) is 17.0.